The molecular formula is C27H35N3O4. The van der Waals surface area contributed by atoms with Crippen molar-refractivity contribution < 1.29 is 24.3 Å². The van der Waals surface area contributed by atoms with Crippen molar-refractivity contribution in [2.24, 2.45) is 5.92 Å². The quantitative estimate of drug-likeness (QED) is 0.327. The normalized spacial score (nSPS) is 17.7. The number of rotatable bonds is 10. The Balaban J connectivity index is 2.02. The van der Waals surface area contributed by atoms with E-state index in [0.29, 0.717) is 42.5 Å². The highest BCUT2D eigenvalue weighted by atomic mass is 16.5. The third kappa shape index (κ3) is 5.47. The van der Waals surface area contributed by atoms with Crippen molar-refractivity contribution in [3.63, 3.8) is 0 Å². The molecular weight excluding hydrogens is 430 g/mol. The number of nitrogens with zero attached hydrogens (tertiary/aromatic N) is 2. The number of pyridine rings is 1. The molecule has 7 nitrogen and oxygen atoms in total. The molecule has 182 valence electrons. The van der Waals surface area contributed by atoms with E-state index in [-0.39, 0.29) is 5.57 Å². The number of Topliss-reactive ketones (excluding diaryl/α,β-unsaturated/α-hetero) is 1. The Morgan fingerprint density at radius 1 is 1.21 bits per heavy atom. The van der Waals surface area contributed by atoms with E-state index in [4.69, 9.17) is 4.74 Å². The highest BCUT2D eigenvalue weighted by molar-refractivity contribution is 6.46. The van der Waals surface area contributed by atoms with Crippen LogP contribution in [0.2, 0.25) is 0 Å². The molecule has 0 aliphatic carbocycles. The lowest BCUT2D eigenvalue weighted by atomic mass is 9.95. The monoisotopic (exact) mass is 465 g/mol. The Morgan fingerprint density at radius 3 is 2.53 bits per heavy atom. The zero-order valence-corrected chi connectivity index (χ0v) is 20.8. The van der Waals surface area contributed by atoms with Gasteiger partial charge < -0.3 is 19.6 Å². The summed E-state index contributed by atoms with van der Waals surface area (Å²) in [6.07, 6.45) is 3.25. The highest BCUT2D eigenvalue weighted by Crippen LogP contribution is 2.38. The topological polar surface area (TPSA) is 87.0 Å². The first-order chi connectivity index (χ1) is 16.3. The summed E-state index contributed by atoms with van der Waals surface area (Å²) in [6, 6.07) is 7.97. The summed E-state index contributed by atoms with van der Waals surface area (Å²) in [7, 11) is 0. The molecule has 2 aromatic rings. The van der Waals surface area contributed by atoms with Gasteiger partial charge in [0.05, 0.1) is 38.8 Å². The number of likely N-dealkylation sites (tertiary alicyclic amines) is 1. The van der Waals surface area contributed by atoms with Crippen LogP contribution in [0.4, 0.5) is 0 Å². The number of amides is 1. The number of quaternary nitrogens is 1. The van der Waals surface area contributed by atoms with Crippen LogP contribution in [0.5, 0.6) is 5.75 Å². The molecule has 0 radical (unpaired) electrons. The smallest absolute Gasteiger partial charge is 0.295 e. The number of benzene rings is 1. The van der Waals surface area contributed by atoms with Gasteiger partial charge in [0.25, 0.3) is 5.91 Å². The minimum Gasteiger partial charge on any atom is -0.872 e. The molecule has 0 saturated carbocycles. The van der Waals surface area contributed by atoms with E-state index in [0.717, 1.165) is 18.7 Å². The maximum atomic E-state index is 13.6. The van der Waals surface area contributed by atoms with Crippen LogP contribution in [0.15, 0.2) is 48.3 Å². The summed E-state index contributed by atoms with van der Waals surface area (Å²) in [5.41, 5.74) is 1.83. The fourth-order valence-corrected chi connectivity index (χ4v) is 4.23. The van der Waals surface area contributed by atoms with Gasteiger partial charge in [0, 0.05) is 18.0 Å². The van der Waals surface area contributed by atoms with Crippen LogP contribution in [-0.4, -0.2) is 54.4 Å². The molecule has 1 fully saturated rings. The number of likely N-dealkylation sites (N-methyl/N-ethyl adjacent to an activating group) is 1. The Bertz CT molecular complexity index is 1050. The van der Waals surface area contributed by atoms with Gasteiger partial charge in [-0.15, -0.1) is 0 Å². The number of aromatic nitrogens is 1. The Hall–Kier alpha value is -3.19. The molecule has 1 aliphatic rings. The van der Waals surface area contributed by atoms with Crippen molar-refractivity contribution in [2.45, 2.75) is 40.7 Å². The predicted molar refractivity (Wildman–Crippen MR) is 129 cm³/mol. The van der Waals surface area contributed by atoms with Gasteiger partial charge in [0.2, 0.25) is 5.78 Å². The Kier molecular flexibility index (Phi) is 8.45. The lowest BCUT2D eigenvalue weighted by molar-refractivity contribution is -0.895. The van der Waals surface area contributed by atoms with Crippen LogP contribution in [0.1, 0.15) is 50.4 Å². The molecule has 7 heteroatoms. The SMILES string of the molecule is CC[NH+](CC)CCN1C(=O)C(=O)C(=C([O-])c2ccc(OCC(C)C)c(C)c2)C1c1cccnc1. The molecule has 2 heterocycles. The van der Waals surface area contributed by atoms with Crippen LogP contribution < -0.4 is 14.7 Å². The van der Waals surface area contributed by atoms with Gasteiger partial charge in [-0.25, -0.2) is 0 Å². The third-order valence-corrected chi connectivity index (χ3v) is 6.25. The van der Waals surface area contributed by atoms with Crippen LogP contribution in [0.25, 0.3) is 5.76 Å². The average Bonchev–Trinajstić information content (AvgIpc) is 3.08. The largest absolute Gasteiger partial charge is 0.872 e. The van der Waals surface area contributed by atoms with E-state index in [9.17, 15) is 14.7 Å². The van der Waals surface area contributed by atoms with Crippen molar-refractivity contribution >= 4 is 17.4 Å². The van der Waals surface area contributed by atoms with Crippen LogP contribution >= 0.6 is 0 Å². The molecule has 1 aromatic carbocycles. The standard InChI is InChI=1S/C27H35N3O4/c1-6-29(7-2)13-14-30-24(21-9-8-12-28-16-21)23(26(32)27(30)33)25(31)20-10-11-22(19(5)15-20)34-17-18(3)4/h8-12,15-16,18,24,31H,6-7,13-14,17H2,1-5H3. The van der Waals surface area contributed by atoms with Crippen molar-refractivity contribution in [1.82, 2.24) is 9.88 Å². The first-order valence-corrected chi connectivity index (χ1v) is 12.0. The summed E-state index contributed by atoms with van der Waals surface area (Å²) >= 11 is 0. The second-order valence-electron chi connectivity index (χ2n) is 9.15. The molecule has 1 atom stereocenters. The Morgan fingerprint density at radius 2 is 1.94 bits per heavy atom. The van der Waals surface area contributed by atoms with E-state index in [1.807, 2.05) is 13.0 Å². The molecule has 1 N–H and O–H groups in total. The molecule has 3 rings (SSSR count). The van der Waals surface area contributed by atoms with Gasteiger partial charge in [0.1, 0.15) is 5.75 Å². The van der Waals surface area contributed by atoms with Crippen molar-refractivity contribution in [2.75, 3.05) is 32.8 Å². The van der Waals surface area contributed by atoms with E-state index in [1.54, 1.807) is 36.7 Å². The van der Waals surface area contributed by atoms with E-state index < -0.39 is 23.5 Å². The fourth-order valence-electron chi connectivity index (χ4n) is 4.23. The number of ketones is 1. The average molecular weight is 466 g/mol. The third-order valence-electron chi connectivity index (χ3n) is 6.25. The van der Waals surface area contributed by atoms with Crippen molar-refractivity contribution in [3.8, 4) is 5.75 Å². The zero-order valence-electron chi connectivity index (χ0n) is 20.8. The van der Waals surface area contributed by atoms with Gasteiger partial charge in [0.15, 0.2) is 0 Å². The van der Waals surface area contributed by atoms with Gasteiger partial charge >= 0.3 is 0 Å². The first kappa shape index (κ1) is 25.4. The zero-order chi connectivity index (χ0) is 24.8. The minimum atomic E-state index is -0.742. The number of aryl methyl sites for hydroxylation is 1. The van der Waals surface area contributed by atoms with Gasteiger partial charge in [-0.1, -0.05) is 31.7 Å². The summed E-state index contributed by atoms with van der Waals surface area (Å²) in [5, 5.41) is 13.6. The molecule has 1 saturated heterocycles. The summed E-state index contributed by atoms with van der Waals surface area (Å²) in [6.45, 7) is 13.7. The maximum absolute atomic E-state index is 13.6. The van der Waals surface area contributed by atoms with Gasteiger partial charge in [-0.05, 0) is 61.6 Å². The van der Waals surface area contributed by atoms with E-state index in [2.05, 4.69) is 32.7 Å². The molecule has 1 unspecified atom stereocenters. The second kappa shape index (κ2) is 11.3. The van der Waals surface area contributed by atoms with Gasteiger partial charge in [-0.2, -0.15) is 0 Å². The summed E-state index contributed by atoms with van der Waals surface area (Å²) in [4.78, 5) is 33.2. The molecule has 1 aliphatic heterocycles. The number of hydrogen-bond donors (Lipinski definition) is 1. The first-order valence-electron chi connectivity index (χ1n) is 12.0. The number of hydrogen-bond acceptors (Lipinski definition) is 5. The van der Waals surface area contributed by atoms with Crippen LogP contribution in [0, 0.1) is 12.8 Å². The summed E-state index contributed by atoms with van der Waals surface area (Å²) in [5.74, 6) is -0.702. The predicted octanol–water partition coefficient (Wildman–Crippen LogP) is 1.57. The fraction of sp³-hybridized carbons (Fsp3) is 0.444. The van der Waals surface area contributed by atoms with Crippen LogP contribution in [0.3, 0.4) is 0 Å². The lowest BCUT2D eigenvalue weighted by Crippen LogP contribution is -3.12. The van der Waals surface area contributed by atoms with Crippen molar-refractivity contribution in [3.05, 3.63) is 65.0 Å². The van der Waals surface area contributed by atoms with Gasteiger partial charge in [-0.3, -0.25) is 14.6 Å². The number of carbonyl (C=O) groups is 2. The van der Waals surface area contributed by atoms with Crippen LogP contribution in [-0.2, 0) is 9.59 Å². The van der Waals surface area contributed by atoms with E-state index >= 15 is 0 Å². The number of nitrogens with one attached hydrogen (secondary N) is 1. The minimum absolute atomic E-state index is 0.0113. The molecule has 0 spiro atoms. The summed E-state index contributed by atoms with van der Waals surface area (Å²) < 4.78 is 5.82. The maximum Gasteiger partial charge on any atom is 0.295 e. The van der Waals surface area contributed by atoms with Crippen molar-refractivity contribution in [1.29, 1.82) is 0 Å². The number of carbonyl (C=O) groups excluding carboxylic acids is 2. The highest BCUT2D eigenvalue weighted by Gasteiger charge is 2.44. The Labute approximate surface area is 202 Å². The molecule has 0 bridgehead atoms. The lowest BCUT2D eigenvalue weighted by Gasteiger charge is -2.28. The molecule has 1 amide bonds. The number of ether oxygens (including phenoxy) is 1. The second-order valence-corrected chi connectivity index (χ2v) is 9.15. The molecule has 1 aromatic heterocycles. The molecule has 34 heavy (non-hydrogen) atoms. The van der Waals surface area contributed by atoms with E-state index in [1.165, 1.54) is 9.80 Å².